The fraction of sp³-hybridized carbons (Fsp3) is 0.833. The highest BCUT2D eigenvalue weighted by molar-refractivity contribution is 5.73. The van der Waals surface area contributed by atoms with Crippen LogP contribution in [0.4, 0.5) is 0 Å². The molecule has 0 radical (unpaired) electrons. The number of rotatable bonds is 0. The van der Waals surface area contributed by atoms with Crippen molar-refractivity contribution in [3.63, 3.8) is 0 Å². The van der Waals surface area contributed by atoms with Crippen LogP contribution in [0.5, 0.6) is 0 Å². The van der Waals surface area contributed by atoms with Crippen molar-refractivity contribution in [2.45, 2.75) is 13.3 Å². The normalized spacial score (nSPS) is 19.9. The second-order valence-electron chi connectivity index (χ2n) is 2.29. The zero-order chi connectivity index (χ0) is 6.69. The molecule has 1 heterocycles. The number of nitrogens with zero attached hydrogens (tertiary/aromatic N) is 1. The van der Waals surface area contributed by atoms with Gasteiger partial charge in [0.1, 0.15) is 0 Å². The summed E-state index contributed by atoms with van der Waals surface area (Å²) in [5.41, 5.74) is 0. The minimum Gasteiger partial charge on any atom is -0.330 e. The van der Waals surface area contributed by atoms with E-state index in [4.69, 9.17) is 0 Å². The summed E-state index contributed by atoms with van der Waals surface area (Å²) < 4.78 is 0. The maximum absolute atomic E-state index is 10.7. The van der Waals surface area contributed by atoms with E-state index in [2.05, 4.69) is 5.32 Å². The molecule has 1 saturated heterocycles. The van der Waals surface area contributed by atoms with Crippen molar-refractivity contribution in [1.82, 2.24) is 10.2 Å². The molecule has 0 unspecified atom stereocenters. The quantitative estimate of drug-likeness (QED) is 0.489. The summed E-state index contributed by atoms with van der Waals surface area (Å²) in [5, 5.41) is 3.12. The maximum Gasteiger partial charge on any atom is 0.220 e. The van der Waals surface area contributed by atoms with Crippen LogP contribution in [0.2, 0.25) is 0 Å². The minimum absolute atomic E-state index is 0.169. The third kappa shape index (κ3) is 1.68. The summed E-state index contributed by atoms with van der Waals surface area (Å²) in [4.78, 5) is 12.5. The van der Waals surface area contributed by atoms with E-state index >= 15 is 0 Å². The zero-order valence-corrected chi connectivity index (χ0v) is 5.68. The number of hydrogen-bond acceptors (Lipinski definition) is 2. The smallest absolute Gasteiger partial charge is 0.220 e. The number of nitrogens with one attached hydrogen (secondary N) is 1. The molecule has 3 heteroatoms. The molecule has 1 aliphatic rings. The largest absolute Gasteiger partial charge is 0.330 e. The lowest BCUT2D eigenvalue weighted by Gasteiger charge is -2.25. The van der Waals surface area contributed by atoms with Crippen LogP contribution in [0, 0.1) is 0 Å². The number of hydrogen-bond donors (Lipinski definition) is 1. The molecule has 0 bridgehead atoms. The van der Waals surface area contributed by atoms with Crippen molar-refractivity contribution in [1.29, 1.82) is 0 Å². The van der Waals surface area contributed by atoms with Crippen molar-refractivity contribution in [2.24, 2.45) is 0 Å². The Hall–Kier alpha value is -0.570. The van der Waals surface area contributed by atoms with Gasteiger partial charge in [-0.3, -0.25) is 10.1 Å². The lowest BCUT2D eigenvalue weighted by molar-refractivity contribution is -0.129. The summed E-state index contributed by atoms with van der Waals surface area (Å²) in [6.45, 7) is 4.30. The van der Waals surface area contributed by atoms with E-state index in [1.165, 1.54) is 0 Å². The predicted molar refractivity (Wildman–Crippen MR) is 34.9 cm³/mol. The van der Waals surface area contributed by atoms with Gasteiger partial charge < -0.3 is 4.90 Å². The fourth-order valence-corrected chi connectivity index (χ4v) is 0.957. The Labute approximate surface area is 55.0 Å². The Morgan fingerprint density at radius 2 is 2.44 bits per heavy atom. The molecule has 0 spiro atoms. The van der Waals surface area contributed by atoms with Crippen LogP contribution < -0.4 is 5.32 Å². The van der Waals surface area contributed by atoms with Crippen LogP contribution in [0.1, 0.15) is 13.3 Å². The molecule has 1 fully saturated rings. The first-order chi connectivity index (χ1) is 4.30. The topological polar surface area (TPSA) is 32.3 Å². The van der Waals surface area contributed by atoms with Gasteiger partial charge in [0.25, 0.3) is 0 Å². The zero-order valence-electron chi connectivity index (χ0n) is 5.68. The Bertz CT molecular complexity index is 108. The number of carbonyl (C=O) groups excluding carboxylic acids is 1. The molecular formula is C6H12N2O. The summed E-state index contributed by atoms with van der Waals surface area (Å²) in [7, 11) is 0. The monoisotopic (exact) mass is 128 g/mol. The molecule has 3 nitrogen and oxygen atoms in total. The predicted octanol–water partition coefficient (Wildman–Crippen LogP) is -0.214. The van der Waals surface area contributed by atoms with Crippen LogP contribution in [0.15, 0.2) is 0 Å². The number of amides is 1. The average Bonchev–Trinajstić information content (AvgIpc) is 1.90. The van der Waals surface area contributed by atoms with E-state index in [1.807, 2.05) is 4.90 Å². The Morgan fingerprint density at radius 3 is 2.78 bits per heavy atom. The van der Waals surface area contributed by atoms with Gasteiger partial charge in [-0.2, -0.15) is 0 Å². The molecule has 0 aliphatic carbocycles. The van der Waals surface area contributed by atoms with Crippen LogP contribution in [-0.2, 0) is 4.79 Å². The molecule has 1 amide bonds. The fourth-order valence-electron chi connectivity index (χ4n) is 0.957. The molecule has 1 N–H and O–H groups in total. The molecule has 52 valence electrons. The van der Waals surface area contributed by atoms with Crippen LogP contribution in [0.25, 0.3) is 0 Å². The highest BCUT2D eigenvalue weighted by Crippen LogP contribution is 1.94. The first-order valence-corrected chi connectivity index (χ1v) is 3.27. The summed E-state index contributed by atoms with van der Waals surface area (Å²) >= 11 is 0. The second-order valence-corrected chi connectivity index (χ2v) is 2.29. The minimum atomic E-state index is 0.169. The Morgan fingerprint density at radius 1 is 1.67 bits per heavy atom. The van der Waals surface area contributed by atoms with Crippen molar-refractivity contribution >= 4 is 5.91 Å². The van der Waals surface area contributed by atoms with Crippen LogP contribution in [-0.4, -0.2) is 30.6 Å². The van der Waals surface area contributed by atoms with Gasteiger partial charge >= 0.3 is 0 Å². The third-order valence-electron chi connectivity index (χ3n) is 1.53. The molecule has 0 aromatic rings. The highest BCUT2D eigenvalue weighted by Gasteiger charge is 2.10. The van der Waals surface area contributed by atoms with Crippen molar-refractivity contribution in [2.75, 3.05) is 19.8 Å². The van der Waals surface area contributed by atoms with E-state index in [0.717, 1.165) is 26.2 Å². The van der Waals surface area contributed by atoms with E-state index < -0.39 is 0 Å². The van der Waals surface area contributed by atoms with Gasteiger partial charge in [-0.25, -0.2) is 0 Å². The van der Waals surface area contributed by atoms with E-state index in [-0.39, 0.29) is 5.91 Å². The molecule has 1 rings (SSSR count). The van der Waals surface area contributed by atoms with Gasteiger partial charge in [0, 0.05) is 13.5 Å². The summed E-state index contributed by atoms with van der Waals surface area (Å²) in [5.74, 6) is 0.169. The summed E-state index contributed by atoms with van der Waals surface area (Å²) in [6, 6.07) is 0. The van der Waals surface area contributed by atoms with Crippen LogP contribution >= 0.6 is 0 Å². The average molecular weight is 128 g/mol. The standard InChI is InChI=1S/C6H12N2O/c1-6(9)8-4-2-3-7-5-8/h7H,2-5H2,1H3. The molecule has 0 aromatic heterocycles. The lowest BCUT2D eigenvalue weighted by atomic mass is 10.3. The second kappa shape index (κ2) is 2.82. The first kappa shape index (κ1) is 6.55. The molecule has 0 aromatic carbocycles. The molecule has 1 aliphatic heterocycles. The molecule has 9 heavy (non-hydrogen) atoms. The molecule has 0 saturated carbocycles. The number of carbonyl (C=O) groups is 1. The lowest BCUT2D eigenvalue weighted by Crippen LogP contribution is -2.43. The molecular weight excluding hydrogens is 116 g/mol. The van der Waals surface area contributed by atoms with Crippen molar-refractivity contribution < 1.29 is 4.79 Å². The highest BCUT2D eigenvalue weighted by atomic mass is 16.2. The van der Waals surface area contributed by atoms with Crippen molar-refractivity contribution in [3.8, 4) is 0 Å². The SMILES string of the molecule is CC(=O)N1CCCNC1. The Balaban J connectivity index is 2.31. The van der Waals surface area contributed by atoms with Gasteiger partial charge in [0.15, 0.2) is 0 Å². The first-order valence-electron chi connectivity index (χ1n) is 3.27. The third-order valence-corrected chi connectivity index (χ3v) is 1.53. The van der Waals surface area contributed by atoms with Gasteiger partial charge in [0.2, 0.25) is 5.91 Å². The molecule has 0 atom stereocenters. The van der Waals surface area contributed by atoms with Gasteiger partial charge in [-0.05, 0) is 13.0 Å². The van der Waals surface area contributed by atoms with E-state index in [9.17, 15) is 4.79 Å². The van der Waals surface area contributed by atoms with Gasteiger partial charge in [-0.15, -0.1) is 0 Å². The van der Waals surface area contributed by atoms with E-state index in [0.29, 0.717) is 0 Å². The Kier molecular flexibility index (Phi) is 2.05. The van der Waals surface area contributed by atoms with Crippen molar-refractivity contribution in [3.05, 3.63) is 0 Å². The maximum atomic E-state index is 10.7. The van der Waals surface area contributed by atoms with Crippen LogP contribution in [0.3, 0.4) is 0 Å². The van der Waals surface area contributed by atoms with E-state index in [1.54, 1.807) is 6.92 Å². The summed E-state index contributed by atoms with van der Waals surface area (Å²) in [6.07, 6.45) is 1.08. The van der Waals surface area contributed by atoms with Gasteiger partial charge in [0.05, 0.1) is 6.67 Å². The van der Waals surface area contributed by atoms with Gasteiger partial charge in [-0.1, -0.05) is 0 Å².